The van der Waals surface area contributed by atoms with Crippen molar-refractivity contribution in [3.63, 3.8) is 0 Å². The Morgan fingerprint density at radius 3 is 1.93 bits per heavy atom. The van der Waals surface area contributed by atoms with Gasteiger partial charge in [-0.1, -0.05) is 86.8 Å². The van der Waals surface area contributed by atoms with E-state index in [1.807, 2.05) is 0 Å². The van der Waals surface area contributed by atoms with Crippen molar-refractivity contribution >= 4 is 0 Å². The van der Waals surface area contributed by atoms with Crippen molar-refractivity contribution < 1.29 is 5.21 Å². The number of aryl methyl sites for hydroxylation is 1. The minimum Gasteiger partial charge on any atom is -0.314 e. The third kappa shape index (κ3) is 7.19. The molecule has 0 aromatic heterocycles. The second kappa shape index (κ2) is 10.8. The molecule has 0 saturated carbocycles. The lowest BCUT2D eigenvalue weighted by molar-refractivity contribution is -0.100. The fourth-order valence-electron chi connectivity index (χ4n) is 3.76. The summed E-state index contributed by atoms with van der Waals surface area (Å²) in [6, 6.07) is 4.75. The molecule has 1 aromatic carbocycles. The number of fused-ring (bicyclic) bond motifs is 1. The standard InChI is InChI=1S/C21H35NO.C5H12/c1-7-8-9-12-22(23)15-17-14-19-18(13-16(17)2)20(3,4)10-11-21(19,5)6;1-4-5(2)3/h13-14,23H,7-12,15H2,1-6H3;5H,4H2,1-3H3. The third-order valence-corrected chi connectivity index (χ3v) is 6.50. The maximum atomic E-state index is 10.2. The molecule has 0 bridgehead atoms. The number of hydrogen-bond acceptors (Lipinski definition) is 2. The summed E-state index contributed by atoms with van der Waals surface area (Å²) in [5.74, 6) is 0.884. The highest BCUT2D eigenvalue weighted by molar-refractivity contribution is 5.46. The molecule has 28 heavy (non-hydrogen) atoms. The first-order valence-electron chi connectivity index (χ1n) is 11.5. The Kier molecular flexibility index (Phi) is 9.70. The van der Waals surface area contributed by atoms with Gasteiger partial charge in [-0.3, -0.25) is 0 Å². The van der Waals surface area contributed by atoms with Crippen LogP contribution in [0.3, 0.4) is 0 Å². The normalized spacial score (nSPS) is 17.3. The van der Waals surface area contributed by atoms with Crippen LogP contribution in [0.2, 0.25) is 0 Å². The highest BCUT2D eigenvalue weighted by Crippen LogP contribution is 2.46. The molecule has 1 N–H and O–H groups in total. The predicted octanol–water partition coefficient (Wildman–Crippen LogP) is 7.78. The number of hydrogen-bond donors (Lipinski definition) is 1. The van der Waals surface area contributed by atoms with Crippen molar-refractivity contribution in [2.24, 2.45) is 5.92 Å². The van der Waals surface area contributed by atoms with E-state index in [1.165, 1.54) is 59.4 Å². The van der Waals surface area contributed by atoms with E-state index in [1.54, 1.807) is 0 Å². The van der Waals surface area contributed by atoms with Crippen molar-refractivity contribution in [3.05, 3.63) is 34.4 Å². The lowest BCUT2D eigenvalue weighted by Crippen LogP contribution is -2.34. The molecule has 1 aliphatic rings. The largest absolute Gasteiger partial charge is 0.314 e. The van der Waals surface area contributed by atoms with Crippen molar-refractivity contribution in [2.75, 3.05) is 6.54 Å². The zero-order valence-corrected chi connectivity index (χ0v) is 20.3. The summed E-state index contributed by atoms with van der Waals surface area (Å²) in [5, 5.41) is 11.7. The molecule has 0 atom stereocenters. The first-order chi connectivity index (χ1) is 12.9. The lowest BCUT2D eigenvalue weighted by Gasteiger charge is -2.42. The van der Waals surface area contributed by atoms with Gasteiger partial charge in [0, 0.05) is 13.1 Å². The van der Waals surface area contributed by atoms with Gasteiger partial charge in [-0.2, -0.15) is 5.06 Å². The van der Waals surface area contributed by atoms with Crippen LogP contribution >= 0.6 is 0 Å². The number of rotatable bonds is 7. The Bertz CT molecular complexity index is 601. The molecule has 2 rings (SSSR count). The van der Waals surface area contributed by atoms with Gasteiger partial charge < -0.3 is 5.21 Å². The summed E-state index contributed by atoms with van der Waals surface area (Å²) >= 11 is 0. The second-order valence-electron chi connectivity index (χ2n) is 10.5. The van der Waals surface area contributed by atoms with Gasteiger partial charge in [-0.25, -0.2) is 0 Å². The van der Waals surface area contributed by atoms with Crippen LogP contribution < -0.4 is 0 Å². The number of hydroxylamine groups is 2. The minimum absolute atomic E-state index is 0.232. The Morgan fingerprint density at radius 1 is 0.964 bits per heavy atom. The summed E-state index contributed by atoms with van der Waals surface area (Å²) in [4.78, 5) is 0. The average molecular weight is 390 g/mol. The van der Waals surface area contributed by atoms with E-state index in [9.17, 15) is 5.21 Å². The van der Waals surface area contributed by atoms with Crippen LogP contribution in [0, 0.1) is 12.8 Å². The Hall–Kier alpha value is -0.860. The van der Waals surface area contributed by atoms with E-state index in [4.69, 9.17) is 0 Å². The monoisotopic (exact) mass is 389 g/mol. The van der Waals surface area contributed by atoms with Gasteiger partial charge in [0.1, 0.15) is 0 Å². The first kappa shape index (κ1) is 25.2. The predicted molar refractivity (Wildman–Crippen MR) is 123 cm³/mol. The molecule has 162 valence electrons. The summed E-state index contributed by atoms with van der Waals surface area (Å²) < 4.78 is 0. The van der Waals surface area contributed by atoms with Crippen LogP contribution in [0.4, 0.5) is 0 Å². The molecule has 0 spiro atoms. The molecule has 0 radical (unpaired) electrons. The van der Waals surface area contributed by atoms with Gasteiger partial charge in [0.15, 0.2) is 0 Å². The first-order valence-corrected chi connectivity index (χ1v) is 11.5. The van der Waals surface area contributed by atoms with E-state index < -0.39 is 0 Å². The Morgan fingerprint density at radius 2 is 1.46 bits per heavy atom. The summed E-state index contributed by atoms with van der Waals surface area (Å²) in [6.07, 6.45) is 7.22. The van der Waals surface area contributed by atoms with Crippen LogP contribution in [0.15, 0.2) is 12.1 Å². The highest BCUT2D eigenvalue weighted by atomic mass is 16.5. The van der Waals surface area contributed by atoms with Crippen LogP contribution in [0.25, 0.3) is 0 Å². The number of unbranched alkanes of at least 4 members (excludes halogenated alkanes) is 2. The van der Waals surface area contributed by atoms with Crippen molar-refractivity contribution in [2.45, 2.75) is 118 Å². The van der Waals surface area contributed by atoms with Crippen molar-refractivity contribution in [1.82, 2.24) is 5.06 Å². The van der Waals surface area contributed by atoms with Gasteiger partial charge in [-0.05, 0) is 65.2 Å². The topological polar surface area (TPSA) is 23.5 Å². The van der Waals surface area contributed by atoms with Crippen LogP contribution in [0.5, 0.6) is 0 Å². The van der Waals surface area contributed by atoms with Crippen LogP contribution in [-0.4, -0.2) is 16.8 Å². The fraction of sp³-hybridized carbons (Fsp3) is 0.769. The molecule has 1 aromatic rings. The average Bonchev–Trinajstić information content (AvgIpc) is 2.61. The number of nitrogens with zero attached hydrogens (tertiary/aromatic N) is 1. The van der Waals surface area contributed by atoms with Gasteiger partial charge in [-0.15, -0.1) is 0 Å². The molecule has 2 heteroatoms. The van der Waals surface area contributed by atoms with E-state index in [0.29, 0.717) is 6.54 Å². The Balaban J connectivity index is 0.000000696. The molecule has 0 heterocycles. The zero-order chi connectivity index (χ0) is 21.5. The minimum atomic E-state index is 0.232. The number of benzene rings is 1. The summed E-state index contributed by atoms with van der Waals surface area (Å²) in [7, 11) is 0. The van der Waals surface area contributed by atoms with Crippen molar-refractivity contribution in [3.8, 4) is 0 Å². The van der Waals surface area contributed by atoms with Gasteiger partial charge in [0.25, 0.3) is 0 Å². The molecule has 0 saturated heterocycles. The zero-order valence-electron chi connectivity index (χ0n) is 20.3. The second-order valence-corrected chi connectivity index (χ2v) is 10.5. The van der Waals surface area contributed by atoms with Crippen LogP contribution in [0.1, 0.15) is 116 Å². The molecule has 2 nitrogen and oxygen atoms in total. The molecule has 0 aliphatic heterocycles. The SMILES string of the molecule is CCC(C)C.CCCCCN(O)Cc1cc2c(cc1C)C(C)(C)CCC2(C)C. The van der Waals surface area contributed by atoms with E-state index in [2.05, 4.69) is 74.4 Å². The van der Waals surface area contributed by atoms with Gasteiger partial charge >= 0.3 is 0 Å². The van der Waals surface area contributed by atoms with Crippen LogP contribution in [-0.2, 0) is 17.4 Å². The third-order valence-electron chi connectivity index (χ3n) is 6.50. The molecular weight excluding hydrogens is 342 g/mol. The van der Waals surface area contributed by atoms with Gasteiger partial charge in [0.05, 0.1) is 0 Å². The molecular formula is C26H47NO. The smallest absolute Gasteiger partial charge is 0.0491 e. The summed E-state index contributed by atoms with van der Waals surface area (Å²) in [6.45, 7) is 21.9. The summed E-state index contributed by atoms with van der Waals surface area (Å²) in [5.41, 5.74) is 6.06. The van der Waals surface area contributed by atoms with E-state index >= 15 is 0 Å². The molecule has 0 unspecified atom stereocenters. The lowest BCUT2D eigenvalue weighted by atomic mass is 9.62. The van der Waals surface area contributed by atoms with Gasteiger partial charge in [0.2, 0.25) is 0 Å². The quantitative estimate of drug-likeness (QED) is 0.380. The Labute approximate surface area is 175 Å². The van der Waals surface area contributed by atoms with E-state index in [-0.39, 0.29) is 10.8 Å². The van der Waals surface area contributed by atoms with E-state index in [0.717, 1.165) is 18.9 Å². The fourth-order valence-corrected chi connectivity index (χ4v) is 3.76. The highest BCUT2D eigenvalue weighted by Gasteiger charge is 2.37. The molecule has 1 aliphatic carbocycles. The molecule has 0 fully saturated rings. The maximum absolute atomic E-state index is 10.2. The maximum Gasteiger partial charge on any atom is 0.0491 e. The van der Waals surface area contributed by atoms with Crippen molar-refractivity contribution in [1.29, 1.82) is 0 Å². The molecule has 0 amide bonds.